The number of benzene rings is 1. The molecule has 5 nitrogen and oxygen atoms in total. The molecule has 0 bridgehead atoms. The molecule has 0 radical (unpaired) electrons. The Labute approximate surface area is 111 Å². The highest BCUT2D eigenvalue weighted by molar-refractivity contribution is 7.96. The van der Waals surface area contributed by atoms with Crippen LogP contribution in [0.15, 0.2) is 29.2 Å². The highest BCUT2D eigenvalue weighted by Crippen LogP contribution is 2.25. The monoisotopic (exact) mass is 309 g/mol. The smallest absolute Gasteiger partial charge is 0.183 e. The van der Waals surface area contributed by atoms with Crippen molar-refractivity contribution < 1.29 is 16.8 Å². The maximum absolute atomic E-state index is 12.3. The molecular weight excluding hydrogens is 298 g/mol. The van der Waals surface area contributed by atoms with Gasteiger partial charge >= 0.3 is 0 Å². The van der Waals surface area contributed by atoms with Crippen LogP contribution in [-0.2, 0) is 19.7 Å². The highest BCUT2D eigenvalue weighted by Gasteiger charge is 2.43. The molecule has 2 unspecified atom stereocenters. The van der Waals surface area contributed by atoms with Gasteiger partial charge in [-0.15, -0.1) is 0 Å². The van der Waals surface area contributed by atoms with E-state index in [9.17, 15) is 16.8 Å². The van der Waals surface area contributed by atoms with Gasteiger partial charge in [0, 0.05) is 11.1 Å². The van der Waals surface area contributed by atoms with Crippen LogP contribution in [-0.4, -0.2) is 39.6 Å². The van der Waals surface area contributed by atoms with Gasteiger partial charge in [-0.3, -0.25) is 0 Å². The van der Waals surface area contributed by atoms with Gasteiger partial charge in [0.1, 0.15) is 0 Å². The predicted octanol–water partition coefficient (Wildman–Crippen LogP) is 0.238. The summed E-state index contributed by atoms with van der Waals surface area (Å²) in [5.41, 5.74) is 5.62. The maximum Gasteiger partial charge on any atom is 0.183 e. The van der Waals surface area contributed by atoms with E-state index in [-0.39, 0.29) is 10.6 Å². The van der Waals surface area contributed by atoms with Crippen molar-refractivity contribution in [1.29, 1.82) is 0 Å². The molecule has 0 saturated carbocycles. The second-order valence-corrected chi connectivity index (χ2v) is 9.04. The van der Waals surface area contributed by atoms with Crippen LogP contribution in [0.25, 0.3) is 0 Å². The van der Waals surface area contributed by atoms with Crippen LogP contribution >= 0.6 is 11.6 Å². The molecule has 1 heterocycles. The van der Waals surface area contributed by atoms with E-state index < -0.39 is 36.7 Å². The number of hydrogen-bond acceptors (Lipinski definition) is 5. The molecule has 1 fully saturated rings. The first kappa shape index (κ1) is 13.8. The lowest BCUT2D eigenvalue weighted by atomic mass is 10.3. The highest BCUT2D eigenvalue weighted by atomic mass is 35.5. The van der Waals surface area contributed by atoms with E-state index in [1.807, 2.05) is 0 Å². The first-order valence-electron chi connectivity index (χ1n) is 5.18. The molecule has 18 heavy (non-hydrogen) atoms. The molecule has 2 atom stereocenters. The van der Waals surface area contributed by atoms with Crippen molar-refractivity contribution in [2.75, 3.05) is 11.5 Å². The Morgan fingerprint density at radius 2 is 1.72 bits per heavy atom. The van der Waals surface area contributed by atoms with Gasteiger partial charge in [-0.1, -0.05) is 11.6 Å². The summed E-state index contributed by atoms with van der Waals surface area (Å²) in [6.07, 6.45) is 0. The molecule has 0 aromatic heterocycles. The number of halogens is 1. The van der Waals surface area contributed by atoms with Crippen LogP contribution in [0.4, 0.5) is 0 Å². The van der Waals surface area contributed by atoms with Gasteiger partial charge in [0.2, 0.25) is 0 Å². The van der Waals surface area contributed by atoms with Crippen molar-refractivity contribution in [3.05, 3.63) is 29.3 Å². The second kappa shape index (κ2) is 4.48. The van der Waals surface area contributed by atoms with Crippen LogP contribution in [0.2, 0.25) is 5.02 Å². The number of nitrogens with two attached hydrogens (primary N) is 1. The quantitative estimate of drug-likeness (QED) is 0.844. The van der Waals surface area contributed by atoms with Crippen LogP contribution < -0.4 is 5.73 Å². The minimum absolute atomic E-state index is 0.0458. The third kappa shape index (κ3) is 2.54. The molecule has 0 spiro atoms. The van der Waals surface area contributed by atoms with Gasteiger partial charge < -0.3 is 5.73 Å². The Hall–Kier alpha value is -0.630. The summed E-state index contributed by atoms with van der Waals surface area (Å²) in [5, 5.41) is -0.666. The summed E-state index contributed by atoms with van der Waals surface area (Å²) in [5.74, 6) is -0.705. The van der Waals surface area contributed by atoms with Crippen molar-refractivity contribution in [2.45, 2.75) is 16.2 Å². The molecule has 0 amide bonds. The summed E-state index contributed by atoms with van der Waals surface area (Å²) in [6, 6.07) is 4.73. The predicted molar refractivity (Wildman–Crippen MR) is 69.1 cm³/mol. The second-order valence-electron chi connectivity index (χ2n) is 4.28. The standard InChI is InChI=1S/C10H12ClNO4S2/c11-7-1-3-8(4-2-7)18(15,16)10-6-17(13,14)5-9(10)12/h1-4,9-10H,5-6,12H2. The maximum atomic E-state index is 12.3. The van der Waals surface area contributed by atoms with E-state index in [1.165, 1.54) is 24.3 Å². The fraction of sp³-hybridized carbons (Fsp3) is 0.400. The van der Waals surface area contributed by atoms with Gasteiger partial charge in [0.25, 0.3) is 0 Å². The van der Waals surface area contributed by atoms with Gasteiger partial charge in [-0.05, 0) is 24.3 Å². The Morgan fingerprint density at radius 3 is 2.17 bits per heavy atom. The van der Waals surface area contributed by atoms with Gasteiger partial charge in [0.05, 0.1) is 21.7 Å². The van der Waals surface area contributed by atoms with E-state index in [4.69, 9.17) is 17.3 Å². The average molecular weight is 310 g/mol. The fourth-order valence-electron chi connectivity index (χ4n) is 1.96. The lowest BCUT2D eigenvalue weighted by Crippen LogP contribution is -2.39. The third-order valence-electron chi connectivity index (χ3n) is 2.88. The largest absolute Gasteiger partial charge is 0.326 e. The first-order chi connectivity index (χ1) is 8.22. The molecule has 100 valence electrons. The summed E-state index contributed by atoms with van der Waals surface area (Å²) < 4.78 is 47.3. The summed E-state index contributed by atoms with van der Waals surface area (Å²) >= 11 is 5.68. The van der Waals surface area contributed by atoms with Crippen LogP contribution in [0.1, 0.15) is 0 Å². The zero-order chi connectivity index (χ0) is 13.6. The molecule has 0 aliphatic carbocycles. The number of hydrogen-bond donors (Lipinski definition) is 1. The normalized spacial score (nSPS) is 27.2. The number of rotatable bonds is 2. The molecule has 2 rings (SSSR count). The molecular formula is C10H12ClNO4S2. The number of sulfone groups is 2. The summed E-state index contributed by atoms with van der Waals surface area (Å²) in [7, 11) is -7.11. The zero-order valence-electron chi connectivity index (χ0n) is 9.28. The van der Waals surface area contributed by atoms with E-state index in [2.05, 4.69) is 0 Å². The van der Waals surface area contributed by atoms with Crippen molar-refractivity contribution in [3.63, 3.8) is 0 Å². The molecule has 2 N–H and O–H groups in total. The minimum atomic E-state index is -3.74. The fourth-order valence-corrected chi connectivity index (χ4v) is 6.67. The van der Waals surface area contributed by atoms with E-state index >= 15 is 0 Å². The molecule has 1 aliphatic rings. The minimum Gasteiger partial charge on any atom is -0.326 e. The van der Waals surface area contributed by atoms with Crippen LogP contribution in [0, 0.1) is 0 Å². The van der Waals surface area contributed by atoms with Crippen molar-refractivity contribution in [1.82, 2.24) is 0 Å². The SMILES string of the molecule is NC1CS(=O)(=O)CC1S(=O)(=O)c1ccc(Cl)cc1. The van der Waals surface area contributed by atoms with Crippen molar-refractivity contribution >= 4 is 31.3 Å². The molecule has 1 saturated heterocycles. The zero-order valence-corrected chi connectivity index (χ0v) is 11.7. The van der Waals surface area contributed by atoms with Crippen molar-refractivity contribution in [2.24, 2.45) is 5.73 Å². The van der Waals surface area contributed by atoms with Crippen LogP contribution in [0.3, 0.4) is 0 Å². The average Bonchev–Trinajstić information content (AvgIpc) is 2.53. The van der Waals surface area contributed by atoms with E-state index in [0.717, 1.165) is 0 Å². The van der Waals surface area contributed by atoms with E-state index in [1.54, 1.807) is 0 Å². The van der Waals surface area contributed by atoms with Gasteiger partial charge in [-0.25, -0.2) is 16.8 Å². The molecule has 1 aromatic carbocycles. The topological polar surface area (TPSA) is 94.3 Å². The lowest BCUT2D eigenvalue weighted by Gasteiger charge is -2.14. The van der Waals surface area contributed by atoms with Gasteiger partial charge in [0.15, 0.2) is 19.7 Å². The Balaban J connectivity index is 2.41. The Kier molecular flexibility index (Phi) is 3.44. The Morgan fingerprint density at radius 1 is 1.17 bits per heavy atom. The molecule has 1 aromatic rings. The summed E-state index contributed by atoms with van der Waals surface area (Å²) in [6.45, 7) is 0. The van der Waals surface area contributed by atoms with Crippen LogP contribution in [0.5, 0.6) is 0 Å². The van der Waals surface area contributed by atoms with E-state index in [0.29, 0.717) is 5.02 Å². The molecule has 1 aliphatic heterocycles. The summed E-state index contributed by atoms with van der Waals surface area (Å²) in [4.78, 5) is 0.0458. The first-order valence-corrected chi connectivity index (χ1v) is 8.92. The Bertz CT molecular complexity index is 652. The van der Waals surface area contributed by atoms with Crippen molar-refractivity contribution in [3.8, 4) is 0 Å². The third-order valence-corrected chi connectivity index (χ3v) is 7.35. The molecule has 8 heteroatoms. The lowest BCUT2D eigenvalue weighted by molar-refractivity contribution is 0.574. The van der Waals surface area contributed by atoms with Gasteiger partial charge in [-0.2, -0.15) is 0 Å².